The molecule has 0 aliphatic carbocycles. The van der Waals surface area contributed by atoms with Crippen molar-refractivity contribution in [3.05, 3.63) is 72.3 Å². The summed E-state index contributed by atoms with van der Waals surface area (Å²) in [5, 5.41) is 7.76. The molecule has 20 heavy (non-hydrogen) atoms. The Bertz CT molecular complexity index is 688. The Labute approximate surface area is 118 Å². The number of rotatable bonds is 4. The predicted octanol–water partition coefficient (Wildman–Crippen LogP) is 3.19. The molecule has 0 amide bonds. The number of para-hydroxylation sites is 1. The summed E-state index contributed by atoms with van der Waals surface area (Å²) in [6.45, 7) is 2.80. The molecule has 2 heterocycles. The Morgan fingerprint density at radius 2 is 1.95 bits per heavy atom. The molecule has 0 saturated carbocycles. The van der Waals surface area contributed by atoms with Crippen molar-refractivity contribution < 1.29 is 0 Å². The first-order chi connectivity index (χ1) is 9.83. The summed E-state index contributed by atoms with van der Waals surface area (Å²) < 4.78 is 1.88. The van der Waals surface area contributed by atoms with Gasteiger partial charge in [0.1, 0.15) is 0 Å². The minimum Gasteiger partial charge on any atom is -0.379 e. The molecule has 0 atom stereocenters. The summed E-state index contributed by atoms with van der Waals surface area (Å²) in [7, 11) is 0. The van der Waals surface area contributed by atoms with Crippen LogP contribution in [-0.2, 0) is 6.54 Å². The zero-order valence-electron chi connectivity index (χ0n) is 11.3. The Kier molecular flexibility index (Phi) is 3.46. The van der Waals surface area contributed by atoms with Crippen LogP contribution in [0.15, 0.2) is 61.2 Å². The van der Waals surface area contributed by atoms with Gasteiger partial charge >= 0.3 is 0 Å². The van der Waals surface area contributed by atoms with E-state index in [1.165, 1.54) is 5.56 Å². The lowest BCUT2D eigenvalue weighted by Crippen LogP contribution is -2.00. The average Bonchev–Trinajstić information content (AvgIpc) is 2.96. The third kappa shape index (κ3) is 2.69. The molecule has 1 N–H and O–H groups in total. The summed E-state index contributed by atoms with van der Waals surface area (Å²) in [6.07, 6.45) is 7.56. The Balaban J connectivity index is 1.71. The number of hydrogen-bond acceptors (Lipinski definition) is 3. The smallest absolute Gasteiger partial charge is 0.0645 e. The van der Waals surface area contributed by atoms with E-state index in [-0.39, 0.29) is 0 Å². The van der Waals surface area contributed by atoms with Gasteiger partial charge in [0, 0.05) is 24.5 Å². The van der Waals surface area contributed by atoms with Gasteiger partial charge < -0.3 is 5.32 Å². The number of aromatic nitrogens is 3. The van der Waals surface area contributed by atoms with E-state index in [9.17, 15) is 0 Å². The quantitative estimate of drug-likeness (QED) is 0.787. The van der Waals surface area contributed by atoms with E-state index in [0.717, 1.165) is 23.5 Å². The summed E-state index contributed by atoms with van der Waals surface area (Å²) >= 11 is 0. The molecule has 1 aromatic carbocycles. The molecule has 0 aliphatic heterocycles. The minimum absolute atomic E-state index is 0.735. The highest BCUT2D eigenvalue weighted by molar-refractivity contribution is 5.48. The monoisotopic (exact) mass is 264 g/mol. The summed E-state index contributed by atoms with van der Waals surface area (Å²) in [5.41, 5.74) is 4.45. The molecule has 100 valence electrons. The Morgan fingerprint density at radius 3 is 2.75 bits per heavy atom. The maximum atomic E-state index is 4.38. The second-order valence-corrected chi connectivity index (χ2v) is 4.67. The first-order valence-electron chi connectivity index (χ1n) is 6.56. The van der Waals surface area contributed by atoms with Crippen LogP contribution in [-0.4, -0.2) is 14.8 Å². The van der Waals surface area contributed by atoms with E-state index in [4.69, 9.17) is 0 Å². The van der Waals surface area contributed by atoms with Crippen LogP contribution in [0.3, 0.4) is 0 Å². The van der Waals surface area contributed by atoms with E-state index in [2.05, 4.69) is 22.3 Å². The third-order valence-electron chi connectivity index (χ3n) is 3.18. The van der Waals surface area contributed by atoms with Crippen LogP contribution in [0.4, 0.5) is 5.69 Å². The van der Waals surface area contributed by atoms with Gasteiger partial charge in [0.2, 0.25) is 0 Å². The highest BCUT2D eigenvalue weighted by Gasteiger charge is 2.02. The third-order valence-corrected chi connectivity index (χ3v) is 3.18. The molecule has 0 radical (unpaired) electrons. The molecule has 4 nitrogen and oxygen atoms in total. The van der Waals surface area contributed by atoms with Gasteiger partial charge in [0.05, 0.1) is 23.8 Å². The fourth-order valence-corrected chi connectivity index (χ4v) is 2.02. The van der Waals surface area contributed by atoms with Crippen LogP contribution in [0, 0.1) is 6.92 Å². The maximum Gasteiger partial charge on any atom is 0.0645 e. The number of aryl methyl sites for hydroxylation is 1. The second-order valence-electron chi connectivity index (χ2n) is 4.67. The van der Waals surface area contributed by atoms with E-state index in [0.29, 0.717) is 0 Å². The van der Waals surface area contributed by atoms with Crippen molar-refractivity contribution in [1.29, 1.82) is 0 Å². The lowest BCUT2D eigenvalue weighted by molar-refractivity contribution is 0.880. The number of nitrogens with zero attached hydrogens (tertiary/aromatic N) is 3. The molecule has 0 saturated heterocycles. The van der Waals surface area contributed by atoms with E-state index < -0.39 is 0 Å². The van der Waals surface area contributed by atoms with Gasteiger partial charge in [-0.05, 0) is 30.7 Å². The number of benzene rings is 1. The van der Waals surface area contributed by atoms with Crippen LogP contribution in [0.2, 0.25) is 0 Å². The predicted molar refractivity (Wildman–Crippen MR) is 79.9 cm³/mol. The van der Waals surface area contributed by atoms with Gasteiger partial charge in [-0.3, -0.25) is 4.98 Å². The largest absolute Gasteiger partial charge is 0.379 e. The molecular formula is C16H16N4. The SMILES string of the molecule is Cc1ccncc1NCc1cnn(-c2ccccc2)c1. The van der Waals surface area contributed by atoms with Gasteiger partial charge in [-0.15, -0.1) is 0 Å². The maximum absolute atomic E-state index is 4.38. The summed E-state index contributed by atoms with van der Waals surface area (Å²) in [5.74, 6) is 0. The second kappa shape index (κ2) is 5.57. The molecular weight excluding hydrogens is 248 g/mol. The van der Waals surface area contributed by atoms with Crippen LogP contribution >= 0.6 is 0 Å². The lowest BCUT2D eigenvalue weighted by Gasteiger charge is -2.06. The summed E-state index contributed by atoms with van der Waals surface area (Å²) in [6, 6.07) is 12.1. The van der Waals surface area contributed by atoms with Crippen molar-refractivity contribution in [2.45, 2.75) is 13.5 Å². The highest BCUT2D eigenvalue weighted by Crippen LogP contribution is 2.13. The molecule has 0 aliphatic rings. The molecule has 2 aromatic heterocycles. The average molecular weight is 264 g/mol. The first kappa shape index (κ1) is 12.4. The molecule has 4 heteroatoms. The normalized spacial score (nSPS) is 10.4. The summed E-state index contributed by atoms with van der Waals surface area (Å²) in [4.78, 5) is 4.13. The van der Waals surface area contributed by atoms with Crippen LogP contribution in [0.25, 0.3) is 5.69 Å². The van der Waals surface area contributed by atoms with Crippen molar-refractivity contribution in [1.82, 2.24) is 14.8 Å². The van der Waals surface area contributed by atoms with Crippen LogP contribution in [0.1, 0.15) is 11.1 Å². The number of nitrogens with one attached hydrogen (secondary N) is 1. The van der Waals surface area contributed by atoms with Crippen LogP contribution in [0.5, 0.6) is 0 Å². The van der Waals surface area contributed by atoms with Crippen molar-refractivity contribution in [3.8, 4) is 5.69 Å². The minimum atomic E-state index is 0.735. The fraction of sp³-hybridized carbons (Fsp3) is 0.125. The molecule has 3 aromatic rings. The van der Waals surface area contributed by atoms with E-state index >= 15 is 0 Å². The standard InChI is InChI=1S/C16H16N4/c1-13-7-8-17-11-16(13)18-9-14-10-19-20(12-14)15-5-3-2-4-6-15/h2-8,10-12,18H,9H2,1H3. The fourth-order valence-electron chi connectivity index (χ4n) is 2.02. The number of hydrogen-bond donors (Lipinski definition) is 1. The zero-order chi connectivity index (χ0) is 13.8. The van der Waals surface area contributed by atoms with E-state index in [1.807, 2.05) is 59.7 Å². The van der Waals surface area contributed by atoms with E-state index in [1.54, 1.807) is 6.20 Å². The van der Waals surface area contributed by atoms with Crippen molar-refractivity contribution in [3.63, 3.8) is 0 Å². The number of anilines is 1. The van der Waals surface area contributed by atoms with Crippen LogP contribution < -0.4 is 5.32 Å². The van der Waals surface area contributed by atoms with Gasteiger partial charge in [-0.2, -0.15) is 5.10 Å². The lowest BCUT2D eigenvalue weighted by atomic mass is 10.2. The van der Waals surface area contributed by atoms with Gasteiger partial charge in [0.25, 0.3) is 0 Å². The van der Waals surface area contributed by atoms with Gasteiger partial charge in [0.15, 0.2) is 0 Å². The molecule has 0 fully saturated rings. The number of pyridine rings is 1. The van der Waals surface area contributed by atoms with Crippen molar-refractivity contribution in [2.75, 3.05) is 5.32 Å². The molecule has 0 unspecified atom stereocenters. The van der Waals surface area contributed by atoms with Gasteiger partial charge in [-0.1, -0.05) is 18.2 Å². The Morgan fingerprint density at radius 1 is 1.10 bits per heavy atom. The highest BCUT2D eigenvalue weighted by atomic mass is 15.3. The Hall–Kier alpha value is -2.62. The first-order valence-corrected chi connectivity index (χ1v) is 6.56. The zero-order valence-corrected chi connectivity index (χ0v) is 11.3. The topological polar surface area (TPSA) is 42.7 Å². The van der Waals surface area contributed by atoms with Crippen molar-refractivity contribution in [2.24, 2.45) is 0 Å². The van der Waals surface area contributed by atoms with Gasteiger partial charge in [-0.25, -0.2) is 4.68 Å². The molecule has 0 spiro atoms. The molecule has 3 rings (SSSR count). The van der Waals surface area contributed by atoms with Crippen molar-refractivity contribution >= 4 is 5.69 Å². The molecule has 0 bridgehead atoms.